The lowest BCUT2D eigenvalue weighted by molar-refractivity contribution is -0.141. The molecule has 94 valence electrons. The summed E-state index contributed by atoms with van der Waals surface area (Å²) in [6.45, 7) is 5.39. The van der Waals surface area contributed by atoms with Crippen LogP contribution in [0.2, 0.25) is 0 Å². The summed E-state index contributed by atoms with van der Waals surface area (Å²) in [5.41, 5.74) is 1.37. The number of benzene rings is 1. The predicted molar refractivity (Wildman–Crippen MR) is 65.1 cm³/mol. The largest absolute Gasteiger partial charge is 0.475 e. The van der Waals surface area contributed by atoms with Gasteiger partial charge in [0.2, 0.25) is 11.5 Å². The highest BCUT2D eigenvalue weighted by Gasteiger charge is 2.44. The van der Waals surface area contributed by atoms with Gasteiger partial charge in [0.05, 0.1) is 0 Å². The Morgan fingerprint density at radius 3 is 2.56 bits per heavy atom. The summed E-state index contributed by atoms with van der Waals surface area (Å²) in [6, 6.07) is 5.68. The number of carboxylic acid groups (broad SMARTS) is 1. The Morgan fingerprint density at radius 1 is 1.33 bits per heavy atom. The van der Waals surface area contributed by atoms with E-state index >= 15 is 0 Å². The SMILES string of the molecule is Cc1ccc(C)c(C2(C)OC(C(=O)O)=CC2=O)c1. The molecule has 18 heavy (non-hydrogen) atoms. The predicted octanol–water partition coefficient (Wildman–Crippen LogP) is 2.09. The number of carboxylic acids is 1. The van der Waals surface area contributed by atoms with Gasteiger partial charge in [-0.25, -0.2) is 4.79 Å². The molecule has 1 N–H and O–H groups in total. The number of aliphatic carboxylic acids is 1. The quantitative estimate of drug-likeness (QED) is 0.867. The van der Waals surface area contributed by atoms with Crippen LogP contribution in [0, 0.1) is 13.8 Å². The number of ketones is 1. The van der Waals surface area contributed by atoms with Crippen molar-refractivity contribution < 1.29 is 19.4 Å². The van der Waals surface area contributed by atoms with Crippen molar-refractivity contribution in [3.8, 4) is 0 Å². The van der Waals surface area contributed by atoms with Crippen LogP contribution in [0.25, 0.3) is 0 Å². The molecule has 0 radical (unpaired) electrons. The average molecular weight is 246 g/mol. The van der Waals surface area contributed by atoms with E-state index in [1.54, 1.807) is 6.92 Å². The molecule has 2 rings (SSSR count). The van der Waals surface area contributed by atoms with Crippen LogP contribution >= 0.6 is 0 Å². The van der Waals surface area contributed by atoms with Gasteiger partial charge in [0.15, 0.2) is 5.60 Å². The fourth-order valence-electron chi connectivity index (χ4n) is 2.10. The van der Waals surface area contributed by atoms with Gasteiger partial charge in [-0.1, -0.05) is 23.8 Å². The van der Waals surface area contributed by atoms with Gasteiger partial charge in [-0.3, -0.25) is 4.79 Å². The Hall–Kier alpha value is -2.10. The summed E-state index contributed by atoms with van der Waals surface area (Å²) in [7, 11) is 0. The molecule has 1 unspecified atom stereocenters. The minimum absolute atomic E-state index is 0.302. The molecule has 0 saturated carbocycles. The van der Waals surface area contributed by atoms with Crippen molar-refractivity contribution in [2.24, 2.45) is 0 Å². The summed E-state index contributed by atoms with van der Waals surface area (Å²) in [5, 5.41) is 8.89. The monoisotopic (exact) mass is 246 g/mol. The second-order valence-corrected chi connectivity index (χ2v) is 4.63. The van der Waals surface area contributed by atoms with E-state index in [1.807, 2.05) is 32.0 Å². The van der Waals surface area contributed by atoms with Crippen molar-refractivity contribution in [2.45, 2.75) is 26.4 Å². The summed E-state index contributed by atoms with van der Waals surface area (Å²) < 4.78 is 5.36. The average Bonchev–Trinajstić information content (AvgIpc) is 2.60. The first-order chi connectivity index (χ1) is 8.34. The van der Waals surface area contributed by atoms with Crippen molar-refractivity contribution in [3.63, 3.8) is 0 Å². The maximum absolute atomic E-state index is 12.0. The molecule has 1 heterocycles. The highest BCUT2D eigenvalue weighted by Crippen LogP contribution is 2.36. The molecule has 1 aromatic rings. The van der Waals surface area contributed by atoms with E-state index in [2.05, 4.69) is 0 Å². The lowest BCUT2D eigenvalue weighted by Gasteiger charge is -2.25. The van der Waals surface area contributed by atoms with Gasteiger partial charge in [-0.05, 0) is 26.3 Å². The fourth-order valence-corrected chi connectivity index (χ4v) is 2.10. The first-order valence-corrected chi connectivity index (χ1v) is 5.61. The Labute approximate surface area is 105 Å². The number of rotatable bonds is 2. The standard InChI is InChI=1S/C14H14O4/c1-8-4-5-9(2)10(6-8)14(3)12(15)7-11(18-14)13(16)17/h4-7H,1-3H3,(H,16,17). The van der Waals surface area contributed by atoms with Crippen molar-refractivity contribution in [1.29, 1.82) is 0 Å². The molecule has 1 atom stereocenters. The third-order valence-electron chi connectivity index (χ3n) is 3.16. The summed E-state index contributed by atoms with van der Waals surface area (Å²) in [5.74, 6) is -1.87. The van der Waals surface area contributed by atoms with Crippen LogP contribution in [0.3, 0.4) is 0 Å². The van der Waals surface area contributed by atoms with Crippen molar-refractivity contribution >= 4 is 11.8 Å². The molecule has 0 amide bonds. The molecule has 0 saturated heterocycles. The molecule has 0 spiro atoms. The second-order valence-electron chi connectivity index (χ2n) is 4.63. The van der Waals surface area contributed by atoms with E-state index in [-0.39, 0.29) is 11.5 Å². The summed E-state index contributed by atoms with van der Waals surface area (Å²) in [6.07, 6.45) is 1.05. The molecular formula is C14H14O4. The Bertz CT molecular complexity index is 571. The Morgan fingerprint density at radius 2 is 2.00 bits per heavy atom. The maximum atomic E-state index is 12.0. The third-order valence-corrected chi connectivity index (χ3v) is 3.16. The van der Waals surface area contributed by atoms with Crippen LogP contribution in [0.15, 0.2) is 30.0 Å². The van der Waals surface area contributed by atoms with E-state index in [9.17, 15) is 9.59 Å². The topological polar surface area (TPSA) is 63.6 Å². The van der Waals surface area contributed by atoms with E-state index in [0.29, 0.717) is 5.56 Å². The van der Waals surface area contributed by atoms with Gasteiger partial charge in [0.25, 0.3) is 0 Å². The van der Waals surface area contributed by atoms with Crippen LogP contribution in [-0.2, 0) is 19.9 Å². The molecule has 1 aromatic carbocycles. The first-order valence-electron chi connectivity index (χ1n) is 5.61. The van der Waals surface area contributed by atoms with Crippen LogP contribution in [0.4, 0.5) is 0 Å². The molecular weight excluding hydrogens is 232 g/mol. The smallest absolute Gasteiger partial charge is 0.371 e. The number of ether oxygens (including phenoxy) is 1. The second kappa shape index (κ2) is 3.98. The third kappa shape index (κ3) is 1.79. The summed E-state index contributed by atoms with van der Waals surface area (Å²) >= 11 is 0. The zero-order chi connectivity index (χ0) is 13.5. The van der Waals surface area contributed by atoms with Gasteiger partial charge in [0, 0.05) is 11.6 Å². The van der Waals surface area contributed by atoms with Crippen LogP contribution < -0.4 is 0 Å². The molecule has 0 fully saturated rings. The highest BCUT2D eigenvalue weighted by atomic mass is 16.5. The summed E-state index contributed by atoms with van der Waals surface area (Å²) in [4.78, 5) is 22.9. The normalized spacial score (nSPS) is 22.6. The molecule has 0 aromatic heterocycles. The van der Waals surface area contributed by atoms with E-state index < -0.39 is 11.6 Å². The number of hydrogen-bond donors (Lipinski definition) is 1. The number of carbonyl (C=O) groups is 2. The molecule has 1 aliphatic heterocycles. The van der Waals surface area contributed by atoms with Crippen LogP contribution in [0.5, 0.6) is 0 Å². The minimum atomic E-state index is -1.23. The van der Waals surface area contributed by atoms with Gasteiger partial charge < -0.3 is 9.84 Å². The lowest BCUT2D eigenvalue weighted by Crippen LogP contribution is -2.31. The van der Waals surface area contributed by atoms with Gasteiger partial charge in [0.1, 0.15) is 0 Å². The van der Waals surface area contributed by atoms with E-state index in [0.717, 1.165) is 17.2 Å². The van der Waals surface area contributed by atoms with Crippen LogP contribution in [-0.4, -0.2) is 16.9 Å². The van der Waals surface area contributed by atoms with Crippen molar-refractivity contribution in [3.05, 3.63) is 46.7 Å². The maximum Gasteiger partial charge on any atom is 0.371 e. The van der Waals surface area contributed by atoms with Crippen molar-refractivity contribution in [2.75, 3.05) is 0 Å². The van der Waals surface area contributed by atoms with Gasteiger partial charge in [-0.2, -0.15) is 0 Å². The molecule has 4 heteroatoms. The lowest BCUT2D eigenvalue weighted by atomic mass is 9.88. The molecule has 0 bridgehead atoms. The Kier molecular flexibility index (Phi) is 2.73. The first kappa shape index (κ1) is 12.4. The fraction of sp³-hybridized carbons (Fsp3) is 0.286. The highest BCUT2D eigenvalue weighted by molar-refractivity contribution is 6.05. The van der Waals surface area contributed by atoms with E-state index in [1.165, 1.54) is 0 Å². The van der Waals surface area contributed by atoms with Crippen molar-refractivity contribution in [1.82, 2.24) is 0 Å². The molecule has 1 aliphatic rings. The molecule has 0 aliphatic carbocycles. The Balaban J connectivity index is 2.49. The number of aryl methyl sites for hydroxylation is 2. The van der Waals surface area contributed by atoms with Crippen LogP contribution in [0.1, 0.15) is 23.6 Å². The van der Waals surface area contributed by atoms with Gasteiger partial charge >= 0.3 is 5.97 Å². The van der Waals surface area contributed by atoms with E-state index in [4.69, 9.17) is 9.84 Å². The molecule has 4 nitrogen and oxygen atoms in total. The van der Waals surface area contributed by atoms with Gasteiger partial charge in [-0.15, -0.1) is 0 Å². The number of carbonyl (C=O) groups excluding carboxylic acids is 1. The minimum Gasteiger partial charge on any atom is -0.475 e. The zero-order valence-electron chi connectivity index (χ0n) is 10.5. The number of hydrogen-bond acceptors (Lipinski definition) is 3. The zero-order valence-corrected chi connectivity index (χ0v) is 10.5.